The zero-order valence-corrected chi connectivity index (χ0v) is 14.7. The Morgan fingerprint density at radius 2 is 1.80 bits per heavy atom. The molecule has 0 saturated carbocycles. The van der Waals surface area contributed by atoms with E-state index in [1.165, 1.54) is 4.85 Å². The van der Waals surface area contributed by atoms with Crippen molar-refractivity contribution in [3.8, 4) is 0 Å². The lowest BCUT2D eigenvalue weighted by Crippen LogP contribution is -2.39. The van der Waals surface area contributed by atoms with Gasteiger partial charge >= 0.3 is 6.02 Å². The van der Waals surface area contributed by atoms with Gasteiger partial charge in [0.2, 0.25) is 0 Å². The van der Waals surface area contributed by atoms with Gasteiger partial charge in [-0.05, 0) is 29.5 Å². The number of azo groups is 1. The van der Waals surface area contributed by atoms with Gasteiger partial charge in [-0.2, -0.15) is 5.11 Å². The minimum absolute atomic E-state index is 0.613. The third-order valence-corrected chi connectivity index (χ3v) is 3.38. The van der Waals surface area contributed by atoms with E-state index in [9.17, 15) is 0 Å². The Bertz CT molecular complexity index is 925. The molecule has 0 amide bonds. The van der Waals surface area contributed by atoms with E-state index >= 15 is 0 Å². The van der Waals surface area contributed by atoms with Crippen LogP contribution >= 0.6 is 0 Å². The van der Waals surface area contributed by atoms with Crippen molar-refractivity contribution in [3.05, 3.63) is 48.5 Å². The summed E-state index contributed by atoms with van der Waals surface area (Å²) < 4.78 is 1.85. The van der Waals surface area contributed by atoms with E-state index in [-0.39, 0.29) is 0 Å². The van der Waals surface area contributed by atoms with Crippen LogP contribution in [0.3, 0.4) is 0 Å². The second-order valence-corrected chi connectivity index (χ2v) is 5.81. The summed E-state index contributed by atoms with van der Waals surface area (Å²) in [6, 6.07) is 15.7. The first-order chi connectivity index (χ1) is 12.1. The molecule has 8 heteroatoms. The van der Waals surface area contributed by atoms with Crippen molar-refractivity contribution >= 4 is 28.4 Å². The van der Waals surface area contributed by atoms with Gasteiger partial charge in [0.15, 0.2) is 5.52 Å². The summed E-state index contributed by atoms with van der Waals surface area (Å²) in [7, 11) is 7.57. The largest absolute Gasteiger partial charge is 0.471 e. The van der Waals surface area contributed by atoms with Gasteiger partial charge in [-0.1, -0.05) is 29.1 Å². The van der Waals surface area contributed by atoms with Crippen molar-refractivity contribution in [1.29, 1.82) is 0 Å². The molecule has 0 saturated heterocycles. The maximum atomic E-state index is 5.89. The normalized spacial score (nSPS) is 11.0. The van der Waals surface area contributed by atoms with Crippen LogP contribution in [-0.4, -0.2) is 58.8 Å². The molecule has 0 aliphatic rings. The first-order valence-electron chi connectivity index (χ1n) is 7.77. The SMILES string of the molecule is CN(C)C(On1nnc2cccc(N=Nc3ccccc3)c21)=[N+](C)C. The first-order valence-corrected chi connectivity index (χ1v) is 7.77. The Hall–Kier alpha value is -3.29. The Kier molecular flexibility index (Phi) is 4.69. The molecule has 0 unspecified atom stereocenters. The zero-order chi connectivity index (χ0) is 17.8. The molecule has 0 bridgehead atoms. The molecule has 25 heavy (non-hydrogen) atoms. The number of aromatic nitrogens is 3. The van der Waals surface area contributed by atoms with E-state index in [1.54, 1.807) is 0 Å². The average Bonchev–Trinajstić information content (AvgIpc) is 3.02. The minimum Gasteiger partial charge on any atom is -0.278 e. The number of rotatable bonds is 3. The fourth-order valence-corrected chi connectivity index (χ4v) is 2.32. The van der Waals surface area contributed by atoms with Crippen molar-refractivity contribution in [2.75, 3.05) is 28.2 Å². The lowest BCUT2D eigenvalue weighted by Gasteiger charge is -2.10. The third-order valence-electron chi connectivity index (χ3n) is 3.38. The fourth-order valence-electron chi connectivity index (χ4n) is 2.32. The van der Waals surface area contributed by atoms with Crippen LogP contribution in [0, 0.1) is 0 Å². The molecule has 0 aliphatic carbocycles. The number of benzene rings is 2. The number of hydrogen-bond donors (Lipinski definition) is 0. The highest BCUT2D eigenvalue weighted by Crippen LogP contribution is 2.26. The number of nitrogens with zero attached hydrogens (tertiary/aromatic N) is 7. The van der Waals surface area contributed by atoms with Crippen molar-refractivity contribution in [1.82, 2.24) is 20.1 Å². The highest BCUT2D eigenvalue weighted by atomic mass is 16.7. The number of para-hydroxylation sites is 1. The maximum Gasteiger partial charge on any atom is 0.471 e. The van der Waals surface area contributed by atoms with Gasteiger partial charge in [0.05, 0.1) is 33.9 Å². The molecule has 1 aromatic heterocycles. The van der Waals surface area contributed by atoms with Gasteiger partial charge in [-0.3, -0.25) is 4.84 Å². The lowest BCUT2D eigenvalue weighted by atomic mass is 10.3. The first kappa shape index (κ1) is 16.6. The Morgan fingerprint density at radius 1 is 1.04 bits per heavy atom. The van der Waals surface area contributed by atoms with Crippen molar-refractivity contribution in [2.45, 2.75) is 0 Å². The zero-order valence-electron chi connectivity index (χ0n) is 14.7. The van der Waals surface area contributed by atoms with Crippen LogP contribution < -0.4 is 4.84 Å². The minimum atomic E-state index is 0.613. The van der Waals surface area contributed by atoms with Crippen LogP contribution in [0.2, 0.25) is 0 Å². The standard InChI is InChI=1S/C17H20N7O/c1-22(2)17(23(3)4)25-24-16-14(11-8-12-15(16)20-21-24)19-18-13-9-6-5-7-10-13/h5-12H,1-4H3/q+1. The summed E-state index contributed by atoms with van der Waals surface area (Å²) in [6.07, 6.45) is 0. The van der Waals surface area contributed by atoms with E-state index in [1.807, 2.05) is 86.2 Å². The van der Waals surface area contributed by atoms with Crippen molar-refractivity contribution in [2.24, 2.45) is 10.2 Å². The fraction of sp³-hybridized carbons (Fsp3) is 0.235. The number of amidine groups is 1. The van der Waals surface area contributed by atoms with E-state index in [0.29, 0.717) is 22.7 Å². The monoisotopic (exact) mass is 338 g/mol. The van der Waals surface area contributed by atoms with Crippen LogP contribution in [0.25, 0.3) is 11.0 Å². The molecule has 0 spiro atoms. The molecule has 0 aliphatic heterocycles. The van der Waals surface area contributed by atoms with Crippen LogP contribution in [0.4, 0.5) is 11.4 Å². The summed E-state index contributed by atoms with van der Waals surface area (Å²) in [5.74, 6) is 0. The molecule has 8 nitrogen and oxygen atoms in total. The van der Waals surface area contributed by atoms with Gasteiger partial charge in [0.1, 0.15) is 11.2 Å². The van der Waals surface area contributed by atoms with E-state index in [0.717, 1.165) is 5.69 Å². The van der Waals surface area contributed by atoms with Gasteiger partial charge < -0.3 is 0 Å². The lowest BCUT2D eigenvalue weighted by molar-refractivity contribution is -0.480. The Labute approximate surface area is 145 Å². The highest BCUT2D eigenvalue weighted by Gasteiger charge is 2.19. The Morgan fingerprint density at radius 3 is 2.48 bits per heavy atom. The van der Waals surface area contributed by atoms with Gasteiger partial charge in [-0.15, -0.1) is 10.2 Å². The van der Waals surface area contributed by atoms with Crippen molar-refractivity contribution in [3.63, 3.8) is 0 Å². The van der Waals surface area contributed by atoms with Crippen LogP contribution in [-0.2, 0) is 0 Å². The quantitative estimate of drug-likeness (QED) is 0.318. The summed E-state index contributed by atoms with van der Waals surface area (Å²) in [5.41, 5.74) is 2.74. The van der Waals surface area contributed by atoms with Crippen LogP contribution in [0.15, 0.2) is 58.8 Å². The molecule has 0 N–H and O–H groups in total. The number of fused-ring (bicyclic) bond motifs is 1. The molecular formula is C17H20N7O+. The number of hydrogen-bond acceptors (Lipinski definition) is 5. The van der Waals surface area contributed by atoms with E-state index in [4.69, 9.17) is 4.84 Å². The molecule has 0 radical (unpaired) electrons. The molecule has 128 valence electrons. The Balaban J connectivity index is 2.02. The maximum absolute atomic E-state index is 5.89. The topological polar surface area (TPSA) is 70.9 Å². The second kappa shape index (κ2) is 7.08. The molecule has 3 aromatic rings. The second-order valence-electron chi connectivity index (χ2n) is 5.81. The molecular weight excluding hydrogens is 318 g/mol. The smallest absolute Gasteiger partial charge is 0.278 e. The van der Waals surface area contributed by atoms with Crippen molar-refractivity contribution < 1.29 is 9.41 Å². The summed E-state index contributed by atoms with van der Waals surface area (Å²) in [5, 5.41) is 16.8. The molecule has 3 rings (SSSR count). The predicted octanol–water partition coefficient (Wildman–Crippen LogP) is 2.46. The summed E-state index contributed by atoms with van der Waals surface area (Å²) >= 11 is 0. The van der Waals surface area contributed by atoms with Gasteiger partial charge in [0.25, 0.3) is 0 Å². The van der Waals surface area contributed by atoms with E-state index in [2.05, 4.69) is 20.5 Å². The predicted molar refractivity (Wildman–Crippen MR) is 95.5 cm³/mol. The molecule has 0 atom stereocenters. The molecule has 2 aromatic carbocycles. The summed E-state index contributed by atoms with van der Waals surface area (Å²) in [4.78, 5) is 9.11. The molecule has 1 heterocycles. The third kappa shape index (κ3) is 3.63. The van der Waals surface area contributed by atoms with Crippen LogP contribution in [0.5, 0.6) is 0 Å². The van der Waals surface area contributed by atoms with E-state index < -0.39 is 0 Å². The highest BCUT2D eigenvalue weighted by molar-refractivity contribution is 5.86. The molecule has 0 fully saturated rings. The van der Waals surface area contributed by atoms with Gasteiger partial charge in [-0.25, -0.2) is 9.48 Å². The van der Waals surface area contributed by atoms with Gasteiger partial charge in [0, 0.05) is 0 Å². The summed E-state index contributed by atoms with van der Waals surface area (Å²) in [6.45, 7) is 0. The average molecular weight is 338 g/mol. The van der Waals surface area contributed by atoms with Crippen LogP contribution in [0.1, 0.15) is 0 Å².